The third-order valence-electron chi connectivity index (χ3n) is 3.20. The number of hydrogen-bond donors (Lipinski definition) is 0. The molecule has 1 aromatic carbocycles. The molecule has 18 heavy (non-hydrogen) atoms. The topological polar surface area (TPSA) is 36.7 Å². The van der Waals surface area contributed by atoms with Gasteiger partial charge in [-0.15, -0.1) is 11.3 Å². The van der Waals surface area contributed by atoms with Gasteiger partial charge >= 0.3 is 0 Å². The van der Waals surface area contributed by atoms with Crippen molar-refractivity contribution in [1.82, 2.24) is 4.98 Å². The van der Waals surface area contributed by atoms with Crippen LogP contribution in [0.15, 0.2) is 12.1 Å². The van der Waals surface area contributed by atoms with Crippen LogP contribution >= 0.6 is 11.3 Å². The molecule has 92 valence electrons. The van der Waals surface area contributed by atoms with Crippen LogP contribution in [-0.4, -0.2) is 4.98 Å². The summed E-state index contributed by atoms with van der Waals surface area (Å²) in [6.45, 7) is 8.33. The molecule has 0 spiro atoms. The summed E-state index contributed by atoms with van der Waals surface area (Å²) in [5, 5.41) is 9.81. The summed E-state index contributed by atoms with van der Waals surface area (Å²) in [6.07, 6.45) is 0.452. The van der Waals surface area contributed by atoms with E-state index in [9.17, 15) is 0 Å². The lowest BCUT2D eigenvalue weighted by Crippen LogP contribution is -1.88. The molecule has 0 aliphatic rings. The molecule has 0 atom stereocenters. The molecule has 0 aliphatic carbocycles. The molecule has 0 saturated carbocycles. The zero-order valence-electron chi connectivity index (χ0n) is 11.2. The Labute approximate surface area is 112 Å². The van der Waals surface area contributed by atoms with Crippen LogP contribution in [0.5, 0.6) is 0 Å². The summed E-state index contributed by atoms with van der Waals surface area (Å²) in [5.74, 6) is 0. The highest BCUT2D eigenvalue weighted by atomic mass is 32.1. The number of aryl methyl sites for hydroxylation is 4. The fourth-order valence-corrected chi connectivity index (χ4v) is 3.05. The first-order valence-corrected chi connectivity index (χ1v) is 6.76. The SMILES string of the molecule is Cc1cc(C)c(-c2nc(C)c(CC#N)s2)cc1C. The largest absolute Gasteiger partial charge is 0.241 e. The van der Waals surface area contributed by atoms with Gasteiger partial charge in [-0.3, -0.25) is 0 Å². The third kappa shape index (κ3) is 2.30. The van der Waals surface area contributed by atoms with E-state index in [1.807, 2.05) is 6.92 Å². The Hall–Kier alpha value is -1.66. The van der Waals surface area contributed by atoms with E-state index >= 15 is 0 Å². The molecule has 0 amide bonds. The van der Waals surface area contributed by atoms with Crippen molar-refractivity contribution in [3.05, 3.63) is 39.4 Å². The second-order valence-electron chi connectivity index (χ2n) is 4.61. The second-order valence-corrected chi connectivity index (χ2v) is 5.70. The van der Waals surface area contributed by atoms with Crippen molar-refractivity contribution in [2.75, 3.05) is 0 Å². The Morgan fingerprint density at radius 2 is 1.78 bits per heavy atom. The van der Waals surface area contributed by atoms with E-state index in [2.05, 4.69) is 44.0 Å². The Morgan fingerprint density at radius 3 is 2.44 bits per heavy atom. The van der Waals surface area contributed by atoms with E-state index in [0.717, 1.165) is 15.6 Å². The van der Waals surface area contributed by atoms with Crippen molar-refractivity contribution in [2.24, 2.45) is 0 Å². The van der Waals surface area contributed by atoms with Gasteiger partial charge in [0.1, 0.15) is 5.01 Å². The lowest BCUT2D eigenvalue weighted by atomic mass is 10.0. The van der Waals surface area contributed by atoms with Crippen molar-refractivity contribution in [1.29, 1.82) is 5.26 Å². The predicted octanol–water partition coefficient (Wildman–Crippen LogP) is 4.11. The molecule has 0 aliphatic heterocycles. The third-order valence-corrected chi connectivity index (χ3v) is 4.39. The van der Waals surface area contributed by atoms with Crippen LogP contribution in [0.3, 0.4) is 0 Å². The fourth-order valence-electron chi connectivity index (χ4n) is 1.97. The van der Waals surface area contributed by atoms with E-state index in [-0.39, 0.29) is 0 Å². The Morgan fingerprint density at radius 1 is 1.11 bits per heavy atom. The fraction of sp³-hybridized carbons (Fsp3) is 0.333. The molecule has 0 N–H and O–H groups in total. The maximum atomic E-state index is 8.79. The Balaban J connectivity index is 2.52. The lowest BCUT2D eigenvalue weighted by molar-refractivity contribution is 1.18. The minimum absolute atomic E-state index is 0.452. The van der Waals surface area contributed by atoms with Gasteiger partial charge in [0.05, 0.1) is 18.2 Å². The highest BCUT2D eigenvalue weighted by Crippen LogP contribution is 2.31. The normalized spacial score (nSPS) is 10.4. The number of aromatic nitrogens is 1. The average Bonchev–Trinajstić information content (AvgIpc) is 2.66. The van der Waals surface area contributed by atoms with Crippen molar-refractivity contribution >= 4 is 11.3 Å². The molecule has 2 aromatic rings. The van der Waals surface area contributed by atoms with E-state index in [4.69, 9.17) is 5.26 Å². The quantitative estimate of drug-likeness (QED) is 0.810. The Bertz CT molecular complexity index is 633. The molecule has 1 aromatic heterocycles. The maximum Gasteiger partial charge on any atom is 0.124 e. The molecule has 2 rings (SSSR count). The number of nitrogens with zero attached hydrogens (tertiary/aromatic N) is 2. The predicted molar refractivity (Wildman–Crippen MR) is 75.8 cm³/mol. The summed E-state index contributed by atoms with van der Waals surface area (Å²) in [4.78, 5) is 5.67. The second kappa shape index (κ2) is 4.91. The smallest absolute Gasteiger partial charge is 0.124 e. The van der Waals surface area contributed by atoms with Crippen LogP contribution in [0.1, 0.15) is 27.3 Å². The molecule has 1 heterocycles. The molecule has 3 heteroatoms. The van der Waals surface area contributed by atoms with Crippen LogP contribution in [0.2, 0.25) is 0 Å². The van der Waals surface area contributed by atoms with Crippen LogP contribution in [-0.2, 0) is 6.42 Å². The number of thiazole rings is 1. The highest BCUT2D eigenvalue weighted by molar-refractivity contribution is 7.15. The highest BCUT2D eigenvalue weighted by Gasteiger charge is 2.12. The molecule has 0 bridgehead atoms. The van der Waals surface area contributed by atoms with E-state index in [1.165, 1.54) is 22.3 Å². The van der Waals surface area contributed by atoms with Gasteiger partial charge in [0.25, 0.3) is 0 Å². The zero-order chi connectivity index (χ0) is 13.3. The number of nitriles is 1. The van der Waals surface area contributed by atoms with Crippen molar-refractivity contribution < 1.29 is 0 Å². The van der Waals surface area contributed by atoms with Gasteiger partial charge in [-0.05, 0) is 50.5 Å². The zero-order valence-corrected chi connectivity index (χ0v) is 12.0. The number of benzene rings is 1. The van der Waals surface area contributed by atoms with Crippen LogP contribution in [0.25, 0.3) is 10.6 Å². The van der Waals surface area contributed by atoms with Crippen LogP contribution in [0, 0.1) is 39.0 Å². The Kier molecular flexibility index (Phi) is 3.49. The minimum Gasteiger partial charge on any atom is -0.241 e. The van der Waals surface area contributed by atoms with E-state index in [1.54, 1.807) is 11.3 Å². The number of hydrogen-bond acceptors (Lipinski definition) is 3. The van der Waals surface area contributed by atoms with Gasteiger partial charge in [0.15, 0.2) is 0 Å². The number of rotatable bonds is 2. The summed E-state index contributed by atoms with van der Waals surface area (Å²) in [6, 6.07) is 6.59. The van der Waals surface area contributed by atoms with E-state index in [0.29, 0.717) is 6.42 Å². The van der Waals surface area contributed by atoms with Crippen LogP contribution < -0.4 is 0 Å². The first-order valence-electron chi connectivity index (χ1n) is 5.94. The maximum absolute atomic E-state index is 8.79. The molecular weight excluding hydrogens is 240 g/mol. The molecule has 2 nitrogen and oxygen atoms in total. The van der Waals surface area contributed by atoms with Crippen molar-refractivity contribution in [3.8, 4) is 16.6 Å². The summed E-state index contributed by atoms with van der Waals surface area (Å²) in [5.41, 5.74) is 6.01. The van der Waals surface area contributed by atoms with E-state index < -0.39 is 0 Å². The van der Waals surface area contributed by atoms with Crippen molar-refractivity contribution in [3.63, 3.8) is 0 Å². The monoisotopic (exact) mass is 256 g/mol. The lowest BCUT2D eigenvalue weighted by Gasteiger charge is -2.07. The van der Waals surface area contributed by atoms with Gasteiger partial charge in [0, 0.05) is 10.4 Å². The van der Waals surface area contributed by atoms with Gasteiger partial charge < -0.3 is 0 Å². The molecule has 0 saturated heterocycles. The van der Waals surface area contributed by atoms with Crippen molar-refractivity contribution in [2.45, 2.75) is 34.1 Å². The van der Waals surface area contributed by atoms with Gasteiger partial charge in [-0.25, -0.2) is 4.98 Å². The molecule has 0 radical (unpaired) electrons. The summed E-state index contributed by atoms with van der Waals surface area (Å²) < 4.78 is 0. The summed E-state index contributed by atoms with van der Waals surface area (Å²) in [7, 11) is 0. The molecule has 0 unspecified atom stereocenters. The van der Waals surface area contributed by atoms with Gasteiger partial charge in [0.2, 0.25) is 0 Å². The van der Waals surface area contributed by atoms with Gasteiger partial charge in [-0.1, -0.05) is 6.07 Å². The first kappa shape index (κ1) is 12.8. The standard InChI is InChI=1S/C15H16N2S/c1-9-7-11(3)13(8-10(9)2)15-17-12(4)14(18-15)5-6-16/h7-8H,5H2,1-4H3. The average molecular weight is 256 g/mol. The molecular formula is C15H16N2S. The van der Waals surface area contributed by atoms with Crippen LogP contribution in [0.4, 0.5) is 0 Å². The summed E-state index contributed by atoms with van der Waals surface area (Å²) >= 11 is 1.63. The minimum atomic E-state index is 0.452. The van der Waals surface area contributed by atoms with Gasteiger partial charge in [-0.2, -0.15) is 5.26 Å². The first-order chi connectivity index (χ1) is 8.52. The molecule has 0 fully saturated rings.